The minimum Gasteiger partial charge on any atom is -0.792 e. The fourth-order valence-corrected chi connectivity index (χ4v) is 1.84. The van der Waals surface area contributed by atoms with Gasteiger partial charge in [-0.05, 0) is 6.92 Å². The van der Waals surface area contributed by atoms with Crippen LogP contribution < -0.4 is 5.32 Å². The van der Waals surface area contributed by atoms with Crippen molar-refractivity contribution in [2.75, 3.05) is 46.4 Å². The van der Waals surface area contributed by atoms with Gasteiger partial charge in [0.05, 0.1) is 32.5 Å². The number of ether oxygens (including phenoxy) is 1. The van der Waals surface area contributed by atoms with Crippen molar-refractivity contribution in [1.82, 2.24) is 5.32 Å². The Morgan fingerprint density at radius 1 is 1.47 bits per heavy atom. The van der Waals surface area contributed by atoms with Gasteiger partial charge in [0.1, 0.15) is 13.1 Å². The highest BCUT2D eigenvalue weighted by Crippen LogP contribution is 2.07. The lowest BCUT2D eigenvalue weighted by Gasteiger charge is -2.37. The number of carbonyl (C=O) groups excluding carboxylic acids is 1. The average molecular weight is 243 g/mol. The molecule has 1 heterocycles. The van der Waals surface area contributed by atoms with Crippen molar-refractivity contribution >= 4 is 11.6 Å². The molecule has 98 valence electrons. The van der Waals surface area contributed by atoms with Crippen molar-refractivity contribution in [3.05, 3.63) is 5.21 Å². The van der Waals surface area contributed by atoms with Crippen LogP contribution in [-0.2, 0) is 9.53 Å². The summed E-state index contributed by atoms with van der Waals surface area (Å²) in [6.07, 6.45) is 0.897. The van der Waals surface area contributed by atoms with Gasteiger partial charge in [-0.15, -0.1) is 0 Å². The van der Waals surface area contributed by atoms with Crippen LogP contribution in [0.5, 0.6) is 0 Å². The molecule has 6 heteroatoms. The van der Waals surface area contributed by atoms with Crippen molar-refractivity contribution in [3.63, 3.8) is 0 Å². The van der Waals surface area contributed by atoms with Gasteiger partial charge >= 0.3 is 0 Å². The van der Waals surface area contributed by atoms with E-state index in [4.69, 9.17) is 4.74 Å². The Kier molecular flexibility index (Phi) is 5.37. The Bertz CT molecular complexity index is 286. The molecule has 17 heavy (non-hydrogen) atoms. The predicted molar refractivity (Wildman–Crippen MR) is 65.7 cm³/mol. The SMILES string of the molecule is C/C(=N\[O-])C(=O)NCCC[N+]1(C)CCOCC1. The molecule has 0 aromatic rings. The molecule has 0 aromatic heterocycles. The van der Waals surface area contributed by atoms with E-state index in [1.807, 2.05) is 0 Å². The summed E-state index contributed by atoms with van der Waals surface area (Å²) in [4.78, 5) is 11.2. The maximum Gasteiger partial charge on any atom is 0.264 e. The maximum atomic E-state index is 11.2. The van der Waals surface area contributed by atoms with Crippen LogP contribution in [-0.4, -0.2) is 62.5 Å². The van der Waals surface area contributed by atoms with Crippen LogP contribution >= 0.6 is 0 Å². The highest BCUT2D eigenvalue weighted by Gasteiger charge is 2.24. The summed E-state index contributed by atoms with van der Waals surface area (Å²) in [5.41, 5.74) is -0.0169. The summed E-state index contributed by atoms with van der Waals surface area (Å²) in [5.74, 6) is -0.371. The second-order valence-electron chi connectivity index (χ2n) is 4.69. The zero-order chi connectivity index (χ0) is 12.7. The van der Waals surface area contributed by atoms with Crippen molar-refractivity contribution in [1.29, 1.82) is 0 Å². The first-order valence-corrected chi connectivity index (χ1v) is 5.94. The van der Waals surface area contributed by atoms with Gasteiger partial charge in [-0.25, -0.2) is 0 Å². The lowest BCUT2D eigenvalue weighted by atomic mass is 10.3. The fraction of sp³-hybridized carbons (Fsp3) is 0.818. The number of amides is 1. The second kappa shape index (κ2) is 6.56. The topological polar surface area (TPSA) is 73.8 Å². The van der Waals surface area contributed by atoms with Gasteiger partial charge in [0.25, 0.3) is 5.91 Å². The molecule has 0 aromatic carbocycles. The van der Waals surface area contributed by atoms with Crippen molar-refractivity contribution in [3.8, 4) is 0 Å². The van der Waals surface area contributed by atoms with E-state index in [0.717, 1.165) is 43.8 Å². The number of nitrogens with zero attached hydrogens (tertiary/aromatic N) is 2. The molecule has 0 radical (unpaired) electrons. The van der Waals surface area contributed by atoms with E-state index in [-0.39, 0.29) is 11.6 Å². The number of morpholine rings is 1. The van der Waals surface area contributed by atoms with Crippen LogP contribution in [0.2, 0.25) is 0 Å². The van der Waals surface area contributed by atoms with E-state index in [9.17, 15) is 10.0 Å². The number of quaternary nitrogens is 1. The molecule has 6 nitrogen and oxygen atoms in total. The first kappa shape index (κ1) is 13.9. The van der Waals surface area contributed by atoms with E-state index >= 15 is 0 Å². The molecule has 1 aliphatic rings. The highest BCUT2D eigenvalue weighted by atomic mass is 16.5. The number of hydrogen-bond acceptors (Lipinski definition) is 4. The molecular formula is C11H21N3O3. The van der Waals surface area contributed by atoms with Crippen molar-refractivity contribution in [2.45, 2.75) is 13.3 Å². The van der Waals surface area contributed by atoms with Gasteiger partial charge in [0, 0.05) is 13.0 Å². The van der Waals surface area contributed by atoms with Gasteiger partial charge in [-0.2, -0.15) is 0 Å². The summed E-state index contributed by atoms with van der Waals surface area (Å²) in [6, 6.07) is 0. The van der Waals surface area contributed by atoms with Crippen LogP contribution in [0.25, 0.3) is 0 Å². The van der Waals surface area contributed by atoms with Crippen LogP contribution in [0.1, 0.15) is 13.3 Å². The minimum absolute atomic E-state index is 0.0169. The van der Waals surface area contributed by atoms with Gasteiger partial charge in [-0.3, -0.25) is 4.79 Å². The lowest BCUT2D eigenvalue weighted by Crippen LogP contribution is -2.52. The average Bonchev–Trinajstić information content (AvgIpc) is 2.34. The van der Waals surface area contributed by atoms with E-state index in [1.165, 1.54) is 6.92 Å². The Hall–Kier alpha value is -1.14. The number of nitrogens with one attached hydrogen (secondary N) is 1. The van der Waals surface area contributed by atoms with Crippen LogP contribution in [0.15, 0.2) is 5.16 Å². The zero-order valence-electron chi connectivity index (χ0n) is 10.6. The molecule has 1 rings (SSSR count). The number of rotatable bonds is 5. The highest BCUT2D eigenvalue weighted by molar-refractivity contribution is 6.37. The molecule has 0 unspecified atom stereocenters. The normalized spacial score (nSPS) is 20.0. The third-order valence-electron chi connectivity index (χ3n) is 3.18. The van der Waals surface area contributed by atoms with Gasteiger partial charge in [0.2, 0.25) is 0 Å². The molecule has 1 amide bonds. The largest absolute Gasteiger partial charge is 0.792 e. The van der Waals surface area contributed by atoms with Crippen LogP contribution in [0, 0.1) is 5.21 Å². The van der Waals surface area contributed by atoms with Gasteiger partial charge in [0.15, 0.2) is 0 Å². The number of hydrogen-bond donors (Lipinski definition) is 1. The molecule has 1 N–H and O–H groups in total. The first-order valence-electron chi connectivity index (χ1n) is 5.94. The van der Waals surface area contributed by atoms with E-state index in [2.05, 4.69) is 17.5 Å². The summed E-state index contributed by atoms with van der Waals surface area (Å²) >= 11 is 0. The molecule has 0 spiro atoms. The Morgan fingerprint density at radius 3 is 2.71 bits per heavy atom. The van der Waals surface area contributed by atoms with E-state index < -0.39 is 0 Å². The van der Waals surface area contributed by atoms with Crippen molar-refractivity contribution in [2.24, 2.45) is 5.16 Å². The molecule has 0 aliphatic carbocycles. The molecular weight excluding hydrogens is 222 g/mol. The monoisotopic (exact) mass is 243 g/mol. The summed E-state index contributed by atoms with van der Waals surface area (Å²) in [5, 5.41) is 15.4. The maximum absolute atomic E-state index is 11.2. The van der Waals surface area contributed by atoms with Gasteiger partial charge < -0.3 is 24.9 Å². The molecule has 1 saturated heterocycles. The Labute approximate surface area is 102 Å². The van der Waals surface area contributed by atoms with Crippen LogP contribution in [0.3, 0.4) is 0 Å². The smallest absolute Gasteiger partial charge is 0.264 e. The lowest BCUT2D eigenvalue weighted by molar-refractivity contribution is -0.916. The predicted octanol–water partition coefficient (Wildman–Crippen LogP) is -0.0718. The summed E-state index contributed by atoms with van der Waals surface area (Å²) in [6.45, 7) is 6.68. The standard InChI is InChI=1S/C11H21N3O3/c1-10(13-16)11(15)12-4-3-5-14(2)6-8-17-9-7-14/h3-9H2,1-2H3,(H-,12,15,16). The molecule has 1 aliphatic heterocycles. The molecule has 0 atom stereocenters. The fourth-order valence-electron chi connectivity index (χ4n) is 1.84. The van der Waals surface area contributed by atoms with Gasteiger partial charge in [-0.1, -0.05) is 0 Å². The molecule has 0 bridgehead atoms. The van der Waals surface area contributed by atoms with Crippen LogP contribution in [0.4, 0.5) is 0 Å². The second-order valence-corrected chi connectivity index (χ2v) is 4.69. The minimum atomic E-state index is -0.371. The van der Waals surface area contributed by atoms with Crippen molar-refractivity contribution < 1.29 is 14.0 Å². The Morgan fingerprint density at radius 2 is 2.12 bits per heavy atom. The molecule has 0 saturated carbocycles. The zero-order valence-corrected chi connectivity index (χ0v) is 10.6. The summed E-state index contributed by atoms with van der Waals surface area (Å²) in [7, 11) is 2.20. The quantitative estimate of drug-likeness (QED) is 0.318. The Balaban J connectivity index is 2.17. The number of carbonyl (C=O) groups is 1. The molecule has 1 fully saturated rings. The third-order valence-corrected chi connectivity index (χ3v) is 3.18. The van der Waals surface area contributed by atoms with E-state index in [1.54, 1.807) is 0 Å². The first-order chi connectivity index (χ1) is 8.07. The third kappa shape index (κ3) is 4.70. The van der Waals surface area contributed by atoms with E-state index in [0.29, 0.717) is 6.54 Å². The number of likely N-dealkylation sites (N-methyl/N-ethyl adjacent to an activating group) is 1. The summed E-state index contributed by atoms with van der Waals surface area (Å²) < 4.78 is 6.31.